The molecule has 0 bridgehead atoms. The van der Waals surface area contributed by atoms with Crippen LogP contribution in [-0.2, 0) is 21.2 Å². The van der Waals surface area contributed by atoms with Gasteiger partial charge in [0.15, 0.2) is 15.6 Å². The van der Waals surface area contributed by atoms with Crippen LogP contribution < -0.4 is 15.5 Å². The second-order valence-electron chi connectivity index (χ2n) is 5.14. The summed E-state index contributed by atoms with van der Waals surface area (Å²) < 4.78 is 29.2. The summed E-state index contributed by atoms with van der Waals surface area (Å²) in [5, 5.41) is 2.70. The second-order valence-corrected chi connectivity index (χ2v) is 7.37. The number of sulfone groups is 1. The Balaban J connectivity index is 2.05. The molecule has 0 radical (unpaired) electrons. The van der Waals surface area contributed by atoms with E-state index in [1.165, 1.54) is 19.4 Å². The average Bonchev–Trinajstić information content (AvgIpc) is 2.72. The van der Waals surface area contributed by atoms with Crippen molar-refractivity contribution in [2.45, 2.75) is 25.9 Å². The monoisotopic (exact) mass is 314 g/mol. The van der Waals surface area contributed by atoms with Crippen molar-refractivity contribution in [1.29, 1.82) is 0 Å². The van der Waals surface area contributed by atoms with Gasteiger partial charge >= 0.3 is 0 Å². The molecule has 1 saturated heterocycles. The molecule has 0 saturated carbocycles. The van der Waals surface area contributed by atoms with Crippen LogP contribution in [0.4, 0.5) is 0 Å². The predicted molar refractivity (Wildman–Crippen MR) is 77.2 cm³/mol. The van der Waals surface area contributed by atoms with E-state index >= 15 is 0 Å². The van der Waals surface area contributed by atoms with Gasteiger partial charge in [-0.3, -0.25) is 9.59 Å². The molecule has 1 fully saturated rings. The fraction of sp³-hybridized carbons (Fsp3) is 0.538. The Bertz CT molecular complexity index is 708. The Kier molecular flexibility index (Phi) is 4.36. The van der Waals surface area contributed by atoms with Crippen LogP contribution in [0, 0.1) is 6.92 Å². The van der Waals surface area contributed by atoms with Gasteiger partial charge in [0, 0.05) is 17.8 Å². The molecule has 8 heteroatoms. The molecule has 0 spiro atoms. The van der Waals surface area contributed by atoms with Gasteiger partial charge in [-0.05, 0) is 13.3 Å². The topological polar surface area (TPSA) is 94.5 Å². The highest BCUT2D eigenvalue weighted by Gasteiger charge is 2.28. The first-order chi connectivity index (χ1) is 9.80. The maximum Gasteiger partial charge on any atom is 0.240 e. The van der Waals surface area contributed by atoms with Crippen LogP contribution in [0.25, 0.3) is 0 Å². The van der Waals surface area contributed by atoms with Gasteiger partial charge in [-0.2, -0.15) is 0 Å². The number of hydrogen-bond acceptors (Lipinski definition) is 5. The lowest BCUT2D eigenvalue weighted by atomic mass is 10.2. The van der Waals surface area contributed by atoms with Crippen LogP contribution in [-0.4, -0.2) is 43.5 Å². The molecule has 1 aliphatic heterocycles. The van der Waals surface area contributed by atoms with Gasteiger partial charge in [0.05, 0.1) is 24.8 Å². The third kappa shape index (κ3) is 3.84. The molecule has 1 aromatic heterocycles. The molecule has 0 aromatic carbocycles. The standard InChI is InChI=1S/C13H18N2O5S/c1-9-5-11(16)12(20-2)6-15(9)7-13(17)14-10-3-4-21(18,19)8-10/h5-6,10H,3-4,7-8H2,1-2H3,(H,14,17)/t10-/m0/s1. The third-order valence-corrected chi connectivity index (χ3v) is 5.21. The number of carbonyl (C=O) groups is 1. The lowest BCUT2D eigenvalue weighted by Crippen LogP contribution is -2.38. The van der Waals surface area contributed by atoms with E-state index in [0.29, 0.717) is 12.1 Å². The van der Waals surface area contributed by atoms with Crippen LogP contribution in [0.2, 0.25) is 0 Å². The van der Waals surface area contributed by atoms with Crippen molar-refractivity contribution in [3.05, 3.63) is 28.2 Å². The first-order valence-corrected chi connectivity index (χ1v) is 8.38. The molecular formula is C13H18N2O5S. The normalized spacial score (nSPS) is 20.2. The van der Waals surface area contributed by atoms with Crippen LogP contribution in [0.15, 0.2) is 17.1 Å². The Morgan fingerprint density at radius 3 is 2.81 bits per heavy atom. The van der Waals surface area contributed by atoms with Gasteiger partial charge in [-0.15, -0.1) is 0 Å². The molecule has 0 unspecified atom stereocenters. The second kappa shape index (κ2) is 5.88. The van der Waals surface area contributed by atoms with Gasteiger partial charge in [-0.25, -0.2) is 8.42 Å². The highest BCUT2D eigenvalue weighted by Crippen LogP contribution is 2.11. The SMILES string of the molecule is COc1cn(CC(=O)N[C@H]2CCS(=O)(=O)C2)c(C)cc1=O. The molecular weight excluding hydrogens is 296 g/mol. The molecule has 21 heavy (non-hydrogen) atoms. The van der Waals surface area contributed by atoms with Gasteiger partial charge in [-0.1, -0.05) is 0 Å². The zero-order valence-electron chi connectivity index (χ0n) is 12.0. The number of pyridine rings is 1. The Hall–Kier alpha value is -1.83. The number of ether oxygens (including phenoxy) is 1. The Morgan fingerprint density at radius 1 is 1.52 bits per heavy atom. The van der Waals surface area contributed by atoms with Crippen molar-refractivity contribution in [2.75, 3.05) is 18.6 Å². The molecule has 2 rings (SSSR count). The van der Waals surface area contributed by atoms with E-state index in [9.17, 15) is 18.0 Å². The number of aromatic nitrogens is 1. The zero-order valence-corrected chi connectivity index (χ0v) is 12.8. The van der Waals surface area contributed by atoms with E-state index in [1.807, 2.05) is 0 Å². The lowest BCUT2D eigenvalue weighted by Gasteiger charge is -2.14. The van der Waals surface area contributed by atoms with Crippen LogP contribution >= 0.6 is 0 Å². The zero-order chi connectivity index (χ0) is 15.6. The molecule has 116 valence electrons. The van der Waals surface area contributed by atoms with E-state index in [4.69, 9.17) is 4.74 Å². The van der Waals surface area contributed by atoms with Gasteiger partial charge in [0.25, 0.3) is 0 Å². The minimum absolute atomic E-state index is 0.00872. The molecule has 2 heterocycles. The number of methoxy groups -OCH3 is 1. The summed E-state index contributed by atoms with van der Waals surface area (Å²) in [6.07, 6.45) is 1.92. The van der Waals surface area contributed by atoms with Crippen molar-refractivity contribution < 1.29 is 17.9 Å². The predicted octanol–water partition coefficient (Wildman–Crippen LogP) is -0.531. The number of hydrogen-bond donors (Lipinski definition) is 1. The molecule has 1 aromatic rings. The number of amides is 1. The van der Waals surface area contributed by atoms with E-state index in [-0.39, 0.29) is 41.2 Å². The maximum atomic E-state index is 12.0. The first-order valence-electron chi connectivity index (χ1n) is 6.55. The molecule has 1 atom stereocenters. The number of carbonyl (C=O) groups excluding carboxylic acids is 1. The highest BCUT2D eigenvalue weighted by molar-refractivity contribution is 7.91. The van der Waals surface area contributed by atoms with E-state index in [0.717, 1.165) is 0 Å². The van der Waals surface area contributed by atoms with Gasteiger partial charge < -0.3 is 14.6 Å². The molecule has 1 amide bonds. The minimum Gasteiger partial charge on any atom is -0.491 e. The van der Waals surface area contributed by atoms with Crippen molar-refractivity contribution in [1.82, 2.24) is 9.88 Å². The molecule has 7 nitrogen and oxygen atoms in total. The average molecular weight is 314 g/mol. The van der Waals surface area contributed by atoms with Crippen molar-refractivity contribution >= 4 is 15.7 Å². The molecule has 0 aliphatic carbocycles. The number of rotatable bonds is 4. The number of nitrogens with zero attached hydrogens (tertiary/aromatic N) is 1. The summed E-state index contributed by atoms with van der Waals surface area (Å²) in [5.74, 6) is -0.0173. The van der Waals surface area contributed by atoms with Gasteiger partial charge in [0.2, 0.25) is 11.3 Å². The summed E-state index contributed by atoms with van der Waals surface area (Å²) in [6, 6.07) is 1.07. The van der Waals surface area contributed by atoms with E-state index < -0.39 is 9.84 Å². The number of nitrogens with one attached hydrogen (secondary N) is 1. The fourth-order valence-corrected chi connectivity index (χ4v) is 3.98. The highest BCUT2D eigenvalue weighted by atomic mass is 32.2. The van der Waals surface area contributed by atoms with E-state index in [1.54, 1.807) is 11.5 Å². The van der Waals surface area contributed by atoms with Crippen molar-refractivity contribution in [2.24, 2.45) is 0 Å². The molecule has 1 aliphatic rings. The van der Waals surface area contributed by atoms with Crippen molar-refractivity contribution in [3.8, 4) is 5.75 Å². The fourth-order valence-electron chi connectivity index (χ4n) is 2.31. The summed E-state index contributed by atoms with van der Waals surface area (Å²) in [5.41, 5.74) is 0.392. The summed E-state index contributed by atoms with van der Waals surface area (Å²) >= 11 is 0. The molecule has 1 N–H and O–H groups in total. The van der Waals surface area contributed by atoms with E-state index in [2.05, 4.69) is 5.32 Å². The van der Waals surface area contributed by atoms with Crippen LogP contribution in [0.3, 0.4) is 0 Å². The Morgan fingerprint density at radius 2 is 2.24 bits per heavy atom. The van der Waals surface area contributed by atoms with Crippen LogP contribution in [0.1, 0.15) is 12.1 Å². The number of aryl methyl sites for hydroxylation is 1. The summed E-state index contributed by atoms with van der Waals surface area (Å²) in [7, 11) is -1.63. The third-order valence-electron chi connectivity index (χ3n) is 3.44. The Labute approximate surface area is 122 Å². The minimum atomic E-state index is -3.02. The van der Waals surface area contributed by atoms with Crippen molar-refractivity contribution in [3.63, 3.8) is 0 Å². The lowest BCUT2D eigenvalue weighted by molar-refractivity contribution is -0.122. The summed E-state index contributed by atoms with van der Waals surface area (Å²) in [6.45, 7) is 1.73. The van der Waals surface area contributed by atoms with Gasteiger partial charge in [0.1, 0.15) is 6.54 Å². The summed E-state index contributed by atoms with van der Waals surface area (Å²) in [4.78, 5) is 23.5. The van der Waals surface area contributed by atoms with Crippen LogP contribution in [0.5, 0.6) is 5.75 Å². The first kappa shape index (κ1) is 15.6. The maximum absolute atomic E-state index is 12.0. The quantitative estimate of drug-likeness (QED) is 0.806. The largest absolute Gasteiger partial charge is 0.491 e. The smallest absolute Gasteiger partial charge is 0.240 e.